The molecule has 4 aliphatic carbocycles. The Kier molecular flexibility index (Phi) is 3.95. The highest BCUT2D eigenvalue weighted by molar-refractivity contribution is 7.89. The number of sulfonamides is 1. The lowest BCUT2D eigenvalue weighted by Crippen LogP contribution is -2.47. The highest BCUT2D eigenvalue weighted by atomic mass is 32.2. The number of aromatic nitrogens is 2. The first-order valence-electron chi connectivity index (χ1n) is 9.09. The highest BCUT2D eigenvalue weighted by Crippen LogP contribution is 2.61. The van der Waals surface area contributed by atoms with Gasteiger partial charge in [-0.2, -0.15) is 0 Å². The van der Waals surface area contributed by atoms with Crippen molar-refractivity contribution in [2.24, 2.45) is 23.2 Å². The van der Waals surface area contributed by atoms with E-state index in [4.69, 9.17) is 0 Å². The summed E-state index contributed by atoms with van der Waals surface area (Å²) in [5, 5.41) is 0. The summed E-state index contributed by atoms with van der Waals surface area (Å²) in [6.07, 6.45) is 8.57. The maximum absolute atomic E-state index is 12.5. The topological polar surface area (TPSA) is 112 Å². The molecule has 8 heteroatoms. The number of rotatable bonds is 5. The van der Waals surface area contributed by atoms with Crippen molar-refractivity contribution in [1.29, 1.82) is 0 Å². The number of aromatic amines is 2. The lowest BCUT2D eigenvalue weighted by Gasteiger charge is -2.57. The first-order chi connectivity index (χ1) is 11.8. The second-order valence-corrected chi connectivity index (χ2v) is 10.1. The predicted molar refractivity (Wildman–Crippen MR) is 92.8 cm³/mol. The van der Waals surface area contributed by atoms with Gasteiger partial charge in [-0.3, -0.25) is 9.78 Å². The molecule has 0 unspecified atom stereocenters. The van der Waals surface area contributed by atoms with Gasteiger partial charge in [0.25, 0.3) is 5.56 Å². The van der Waals surface area contributed by atoms with Crippen LogP contribution in [-0.2, 0) is 10.0 Å². The quantitative estimate of drug-likeness (QED) is 0.727. The van der Waals surface area contributed by atoms with Gasteiger partial charge in [-0.1, -0.05) is 0 Å². The van der Waals surface area contributed by atoms with Gasteiger partial charge in [0.1, 0.15) is 0 Å². The molecule has 0 aliphatic heterocycles. The molecule has 4 bridgehead atoms. The van der Waals surface area contributed by atoms with Crippen molar-refractivity contribution in [3.05, 3.63) is 26.5 Å². The molecule has 0 radical (unpaired) electrons. The van der Waals surface area contributed by atoms with Crippen molar-refractivity contribution >= 4 is 10.0 Å². The molecular weight excluding hydrogens is 342 g/mol. The largest absolute Gasteiger partial charge is 0.325 e. The van der Waals surface area contributed by atoms with Crippen molar-refractivity contribution in [2.75, 3.05) is 6.54 Å². The van der Waals surface area contributed by atoms with E-state index in [0.29, 0.717) is 6.54 Å². The third kappa shape index (κ3) is 3.10. The SMILES string of the molecule is Cc1[nH]c(=O)[nH]c(=O)c1S(=O)(=O)NCCC12CC3CC(CC(C3)C1)C2. The molecule has 1 aromatic heterocycles. The lowest BCUT2D eigenvalue weighted by atomic mass is 9.49. The van der Waals surface area contributed by atoms with E-state index < -0.39 is 26.2 Å². The van der Waals surface area contributed by atoms with Crippen LogP contribution in [0.5, 0.6) is 0 Å². The summed E-state index contributed by atoms with van der Waals surface area (Å²) in [4.78, 5) is 27.1. The maximum Gasteiger partial charge on any atom is 0.325 e. The van der Waals surface area contributed by atoms with Crippen LogP contribution >= 0.6 is 0 Å². The summed E-state index contributed by atoms with van der Waals surface area (Å²) < 4.78 is 27.6. The van der Waals surface area contributed by atoms with Gasteiger partial charge in [-0.15, -0.1) is 0 Å². The van der Waals surface area contributed by atoms with Crippen LogP contribution in [0.25, 0.3) is 0 Å². The molecule has 0 amide bonds. The van der Waals surface area contributed by atoms with Crippen LogP contribution in [0.1, 0.15) is 50.6 Å². The Morgan fingerprint density at radius 2 is 1.60 bits per heavy atom. The standard InChI is InChI=1S/C17H25N3O4S/c1-10-14(15(21)20-16(22)19-10)25(23,24)18-3-2-17-7-11-4-12(8-17)6-13(5-11)9-17/h11-13,18H,2-9H2,1H3,(H2,19,20,21,22). The second kappa shape index (κ2) is 5.81. The Balaban J connectivity index is 1.47. The van der Waals surface area contributed by atoms with Gasteiger partial charge < -0.3 is 4.98 Å². The zero-order valence-electron chi connectivity index (χ0n) is 14.4. The molecule has 1 heterocycles. The number of nitrogens with one attached hydrogen (secondary N) is 3. The zero-order chi connectivity index (χ0) is 17.8. The number of hydrogen-bond donors (Lipinski definition) is 3. The second-order valence-electron chi connectivity index (χ2n) is 8.43. The van der Waals surface area contributed by atoms with Crippen LogP contribution in [-0.4, -0.2) is 24.9 Å². The fraction of sp³-hybridized carbons (Fsp3) is 0.765. The van der Waals surface area contributed by atoms with Crippen LogP contribution in [0.15, 0.2) is 14.5 Å². The number of aryl methyl sites for hydroxylation is 1. The molecule has 7 nitrogen and oxygen atoms in total. The van der Waals surface area contributed by atoms with Crippen molar-refractivity contribution in [3.8, 4) is 0 Å². The molecule has 4 aliphatic rings. The Morgan fingerprint density at radius 3 is 2.12 bits per heavy atom. The minimum Gasteiger partial charge on any atom is -0.310 e. The molecular formula is C17H25N3O4S. The van der Waals surface area contributed by atoms with Crippen LogP contribution in [0.4, 0.5) is 0 Å². The van der Waals surface area contributed by atoms with Crippen LogP contribution in [0, 0.1) is 30.1 Å². The third-order valence-corrected chi connectivity index (χ3v) is 8.07. The first kappa shape index (κ1) is 17.0. The van der Waals surface area contributed by atoms with Gasteiger partial charge in [0.15, 0.2) is 4.90 Å². The molecule has 0 spiro atoms. The predicted octanol–water partition coefficient (Wildman–Crippen LogP) is 1.26. The Labute approximate surface area is 146 Å². The summed E-state index contributed by atoms with van der Waals surface area (Å²) in [6.45, 7) is 1.76. The lowest BCUT2D eigenvalue weighted by molar-refractivity contribution is -0.0561. The average Bonchev–Trinajstić information content (AvgIpc) is 2.43. The van der Waals surface area contributed by atoms with Crippen LogP contribution in [0.2, 0.25) is 0 Å². The molecule has 4 fully saturated rings. The Hall–Kier alpha value is -1.41. The summed E-state index contributed by atoms with van der Waals surface area (Å²) in [7, 11) is -3.94. The van der Waals surface area contributed by atoms with Crippen molar-refractivity contribution in [1.82, 2.24) is 14.7 Å². The van der Waals surface area contributed by atoms with Crippen LogP contribution < -0.4 is 16.0 Å². The maximum atomic E-state index is 12.5. The number of hydrogen-bond acceptors (Lipinski definition) is 4. The summed E-state index contributed by atoms with van der Waals surface area (Å²) in [6, 6.07) is 0. The molecule has 4 saturated carbocycles. The zero-order valence-corrected chi connectivity index (χ0v) is 15.2. The van der Waals surface area contributed by atoms with E-state index >= 15 is 0 Å². The van der Waals surface area contributed by atoms with E-state index in [9.17, 15) is 18.0 Å². The van der Waals surface area contributed by atoms with Gasteiger partial charge >= 0.3 is 5.69 Å². The minimum absolute atomic E-state index is 0.0658. The third-order valence-electron chi connectivity index (χ3n) is 6.46. The van der Waals surface area contributed by atoms with E-state index in [0.717, 1.165) is 24.2 Å². The van der Waals surface area contributed by atoms with E-state index in [-0.39, 0.29) is 11.1 Å². The van der Waals surface area contributed by atoms with E-state index in [2.05, 4.69) is 9.71 Å². The van der Waals surface area contributed by atoms with Gasteiger partial charge in [0.2, 0.25) is 10.0 Å². The summed E-state index contributed by atoms with van der Waals surface area (Å²) in [5.74, 6) is 2.48. The highest BCUT2D eigenvalue weighted by Gasteiger charge is 2.50. The number of H-pyrrole nitrogens is 2. The monoisotopic (exact) mass is 367 g/mol. The molecule has 5 rings (SSSR count). The Morgan fingerprint density at radius 1 is 1.04 bits per heavy atom. The van der Waals surface area contributed by atoms with Crippen molar-refractivity contribution in [3.63, 3.8) is 0 Å². The van der Waals surface area contributed by atoms with Gasteiger partial charge in [-0.25, -0.2) is 17.9 Å². The van der Waals surface area contributed by atoms with E-state index in [1.807, 2.05) is 4.98 Å². The normalized spacial score (nSPS) is 33.7. The molecule has 0 aromatic carbocycles. The summed E-state index contributed by atoms with van der Waals surface area (Å²) in [5.41, 5.74) is -1.22. The molecule has 138 valence electrons. The Bertz CT molecular complexity index is 864. The fourth-order valence-corrected chi connectivity index (χ4v) is 7.30. The molecule has 1 aromatic rings. The van der Waals surface area contributed by atoms with Crippen LogP contribution in [0.3, 0.4) is 0 Å². The van der Waals surface area contributed by atoms with Gasteiger partial charge in [-0.05, 0) is 75.0 Å². The molecule has 0 atom stereocenters. The van der Waals surface area contributed by atoms with Gasteiger partial charge in [0.05, 0.1) is 0 Å². The fourth-order valence-electron chi connectivity index (χ4n) is 6.03. The minimum atomic E-state index is -3.94. The van der Waals surface area contributed by atoms with E-state index in [1.54, 1.807) is 0 Å². The van der Waals surface area contributed by atoms with Crippen molar-refractivity contribution < 1.29 is 8.42 Å². The van der Waals surface area contributed by atoms with E-state index in [1.165, 1.54) is 45.4 Å². The average molecular weight is 367 g/mol. The smallest absolute Gasteiger partial charge is 0.310 e. The first-order valence-corrected chi connectivity index (χ1v) is 10.6. The van der Waals surface area contributed by atoms with Gasteiger partial charge in [0, 0.05) is 12.2 Å². The van der Waals surface area contributed by atoms with Crippen molar-refractivity contribution in [2.45, 2.75) is 56.8 Å². The summed E-state index contributed by atoms with van der Waals surface area (Å²) >= 11 is 0. The molecule has 0 saturated heterocycles. The molecule has 25 heavy (non-hydrogen) atoms. The molecule has 3 N–H and O–H groups in total.